The Hall–Kier alpha value is -11.6. The van der Waals surface area contributed by atoms with Gasteiger partial charge in [-0.05, 0) is 98.7 Å². The largest absolute Gasteiger partial charge is 0.476 e. The number of rotatable bonds is 15. The SMILES string of the molecule is CC(C)(C)OC(=O)Nc1nc(C(=O)O)cs1.COC(=O)c1cc(NC(=O)c2cc(NC(=O)OC(C)(C)C)cn2C)cn1C.COC(=O)c1cc(NC(=O)c2cccn2C)cn1C.COC(=O)c1cc(OC(=O)c2cc(NC(=O)c3csc(NC(=O)OC(C)(C)C)n3)cn2C)cn1C.N=NCl. The number of hydrogen-bond donors (Lipinski definition) is 8. The number of amides is 6. The van der Waals surface area contributed by atoms with Crippen molar-refractivity contribution in [3.8, 4) is 5.75 Å². The van der Waals surface area contributed by atoms with Crippen LogP contribution in [0.3, 0.4) is 0 Å². The molecular formula is C62H77ClN16O19S2. The smallest absolute Gasteiger partial charge is 0.413 e. The maximum absolute atomic E-state index is 12.6. The molecule has 8 rings (SSSR count). The molecule has 8 heterocycles. The average molecular weight is 1450 g/mol. The number of thiazole rings is 2. The van der Waals surface area contributed by atoms with Gasteiger partial charge in [-0.1, -0.05) is 4.63 Å². The lowest BCUT2D eigenvalue weighted by molar-refractivity contribution is 0.0581. The van der Waals surface area contributed by atoms with E-state index >= 15 is 0 Å². The third-order valence-corrected chi connectivity index (χ3v) is 13.6. The molecule has 6 amide bonds. The van der Waals surface area contributed by atoms with E-state index in [0.717, 1.165) is 22.7 Å². The van der Waals surface area contributed by atoms with Crippen molar-refractivity contribution in [1.82, 2.24) is 37.4 Å². The molecular weight excluding hydrogens is 1370 g/mol. The molecule has 8 aromatic heterocycles. The second-order valence-corrected chi connectivity index (χ2v) is 25.5. The van der Waals surface area contributed by atoms with E-state index in [-0.39, 0.29) is 44.7 Å². The van der Waals surface area contributed by atoms with Crippen molar-refractivity contribution in [2.24, 2.45) is 46.9 Å². The molecule has 0 spiro atoms. The third kappa shape index (κ3) is 25.4. The number of ether oxygens (including phenoxy) is 7. The Balaban J connectivity index is 0.000000291. The number of nitrogens with one attached hydrogen (secondary N) is 7. The summed E-state index contributed by atoms with van der Waals surface area (Å²) in [4.78, 5) is 138. The second-order valence-electron chi connectivity index (χ2n) is 23.6. The van der Waals surface area contributed by atoms with Gasteiger partial charge in [-0.15, -0.1) is 22.7 Å². The molecule has 0 aliphatic heterocycles. The average Bonchev–Trinajstić information content (AvgIpc) is 1.69. The molecule has 0 radical (unpaired) electrons. The van der Waals surface area contributed by atoms with Gasteiger partial charge in [-0.3, -0.25) is 30.3 Å². The number of hydrogen-bond acceptors (Lipinski definition) is 24. The summed E-state index contributed by atoms with van der Waals surface area (Å²) in [5.41, 5.74) is 7.39. The number of aryl methyl sites for hydroxylation is 6. The van der Waals surface area contributed by atoms with E-state index in [1.54, 1.807) is 166 Å². The van der Waals surface area contributed by atoms with Gasteiger partial charge in [0, 0.05) is 96.3 Å². The van der Waals surface area contributed by atoms with Crippen molar-refractivity contribution in [3.63, 3.8) is 0 Å². The number of esters is 4. The molecule has 538 valence electrons. The molecule has 0 atom stereocenters. The Morgan fingerprint density at radius 3 is 1.17 bits per heavy atom. The zero-order chi connectivity index (χ0) is 75.3. The first-order valence-electron chi connectivity index (χ1n) is 29.0. The van der Waals surface area contributed by atoms with Gasteiger partial charge in [0.2, 0.25) is 0 Å². The summed E-state index contributed by atoms with van der Waals surface area (Å²) in [6.07, 6.45) is 7.72. The van der Waals surface area contributed by atoms with Crippen molar-refractivity contribution >= 4 is 133 Å². The highest BCUT2D eigenvalue weighted by atomic mass is 35.5. The van der Waals surface area contributed by atoms with Gasteiger partial charge in [-0.25, -0.2) is 48.3 Å². The minimum atomic E-state index is -1.13. The highest BCUT2D eigenvalue weighted by molar-refractivity contribution is 7.14. The lowest BCUT2D eigenvalue weighted by Gasteiger charge is -2.19. The number of halogens is 1. The molecule has 0 unspecified atom stereocenters. The monoisotopic (exact) mass is 1450 g/mol. The van der Waals surface area contributed by atoms with Crippen LogP contribution in [0.5, 0.6) is 5.75 Å². The van der Waals surface area contributed by atoms with Gasteiger partial charge in [0.05, 0.1) is 55.9 Å². The van der Waals surface area contributed by atoms with Crippen LogP contribution in [-0.4, -0.2) is 146 Å². The van der Waals surface area contributed by atoms with Crippen molar-refractivity contribution in [3.05, 3.63) is 136 Å². The highest BCUT2D eigenvalue weighted by Crippen LogP contribution is 2.25. The molecule has 0 fully saturated rings. The summed E-state index contributed by atoms with van der Waals surface area (Å²) in [6.45, 7) is 15.7. The van der Waals surface area contributed by atoms with Crippen LogP contribution in [0, 0.1) is 5.53 Å². The topological polar surface area (TPSA) is 436 Å². The first-order valence-corrected chi connectivity index (χ1v) is 31.1. The number of carbonyl (C=O) groups is 11. The van der Waals surface area contributed by atoms with Crippen molar-refractivity contribution in [1.29, 1.82) is 5.53 Å². The fraction of sp³-hybridized carbons (Fsp3) is 0.339. The zero-order valence-electron chi connectivity index (χ0n) is 57.7. The Morgan fingerprint density at radius 2 is 0.790 bits per heavy atom. The minimum Gasteiger partial charge on any atom is -0.476 e. The first-order chi connectivity index (χ1) is 46.6. The van der Waals surface area contributed by atoms with Crippen LogP contribution in [-0.2, 0) is 70.7 Å². The van der Waals surface area contributed by atoms with Crippen LogP contribution in [0.15, 0.2) is 95.0 Å². The van der Waals surface area contributed by atoms with E-state index in [0.29, 0.717) is 45.5 Å². The van der Waals surface area contributed by atoms with Gasteiger partial charge < -0.3 is 81.6 Å². The Bertz CT molecular complexity index is 4280. The standard InChI is InChI=1S/C22H25N5O7S.C18H24N4O5.C13H15N3O3.C9H12N2O4S.ClHN2/c1-22(2,3)34-21(31)25-20-24-14(11-35-20)17(28)23-12-7-15(26(4)9-12)19(30)33-13-8-16(18(29)32-6)27(5)10-13;1-18(2,3)27-17(25)20-12-7-13(21(4)10-12)15(23)19-11-8-14(16(24)26-6)22(5)9-11;1-15-6-4-5-10(15)12(17)14-9-7-11(13(18)19-3)16(2)8-9;1-9(2,3)15-8(14)11-7-10-5(4-16-7)6(12)13;1-3-2/h7-11H,1-6H3,(H,23,28)(H,24,25,31);7-10H,1-6H3,(H,19,23)(H,20,25);4-8H,1-3H3,(H,14,17);4H,1-3H3,(H,12,13)(H,10,11,14);2H. The van der Waals surface area contributed by atoms with E-state index in [9.17, 15) is 52.7 Å². The van der Waals surface area contributed by atoms with E-state index in [2.05, 4.69) is 72.5 Å². The van der Waals surface area contributed by atoms with Crippen LogP contribution in [0.25, 0.3) is 0 Å². The summed E-state index contributed by atoms with van der Waals surface area (Å²) in [6, 6.07) is 11.0. The molecule has 0 bridgehead atoms. The van der Waals surface area contributed by atoms with E-state index < -0.39 is 76.7 Å². The molecule has 8 N–H and O–H groups in total. The number of methoxy groups -OCH3 is 3. The van der Waals surface area contributed by atoms with E-state index in [1.807, 2.05) is 0 Å². The summed E-state index contributed by atoms with van der Waals surface area (Å²) in [5, 5.41) is 27.4. The number of anilines is 6. The molecule has 0 aromatic carbocycles. The second kappa shape index (κ2) is 35.6. The summed E-state index contributed by atoms with van der Waals surface area (Å²) in [7, 11) is 14.0. The number of carboxylic acid groups (broad SMARTS) is 1. The number of aromatic nitrogens is 8. The number of aromatic carboxylic acids is 1. The van der Waals surface area contributed by atoms with Gasteiger partial charge in [0.1, 0.15) is 62.4 Å². The van der Waals surface area contributed by atoms with Crippen molar-refractivity contribution in [2.75, 3.05) is 53.2 Å². The predicted molar refractivity (Wildman–Crippen MR) is 367 cm³/mol. The van der Waals surface area contributed by atoms with Gasteiger partial charge in [-0.2, -0.15) is 5.53 Å². The van der Waals surface area contributed by atoms with E-state index in [1.165, 1.54) is 77.9 Å². The Kier molecular flexibility index (Phi) is 28.8. The van der Waals surface area contributed by atoms with Crippen LogP contribution < -0.4 is 36.6 Å². The molecule has 100 heavy (non-hydrogen) atoms. The first kappa shape index (κ1) is 80.8. The Labute approximate surface area is 585 Å². The van der Waals surface area contributed by atoms with Crippen LogP contribution in [0.2, 0.25) is 0 Å². The lowest BCUT2D eigenvalue weighted by atomic mass is 10.2. The maximum Gasteiger partial charge on any atom is 0.413 e. The third-order valence-electron chi connectivity index (χ3n) is 12.1. The van der Waals surface area contributed by atoms with Crippen LogP contribution in [0.1, 0.15) is 146 Å². The molecule has 35 nitrogen and oxygen atoms in total. The number of nitrogens with zero attached hydrogens (tertiary/aromatic N) is 9. The molecule has 0 aliphatic rings. The normalized spacial score (nSPS) is 10.7. The fourth-order valence-corrected chi connectivity index (χ4v) is 9.33. The molecule has 0 aliphatic carbocycles. The van der Waals surface area contributed by atoms with Crippen molar-refractivity contribution in [2.45, 2.75) is 79.1 Å². The molecule has 8 aromatic rings. The molecule has 0 saturated heterocycles. The summed E-state index contributed by atoms with van der Waals surface area (Å²) in [5.74, 6) is -4.31. The number of carbonyl (C=O) groups excluding carboxylic acids is 10. The van der Waals surface area contributed by atoms with Gasteiger partial charge in [0.15, 0.2) is 16.0 Å². The lowest BCUT2D eigenvalue weighted by Crippen LogP contribution is -2.27. The van der Waals surface area contributed by atoms with Crippen molar-refractivity contribution < 1.29 is 91.0 Å². The summed E-state index contributed by atoms with van der Waals surface area (Å²) >= 11 is 6.38. The number of carboxylic acids is 1. The van der Waals surface area contributed by atoms with Gasteiger partial charge >= 0.3 is 48.1 Å². The fourth-order valence-electron chi connectivity index (χ4n) is 7.98. The maximum atomic E-state index is 12.6. The molecule has 38 heteroatoms. The van der Waals surface area contributed by atoms with Gasteiger partial charge in [0.25, 0.3) is 17.7 Å². The predicted octanol–water partition coefficient (Wildman–Crippen LogP) is 10.9. The van der Waals surface area contributed by atoms with E-state index in [4.69, 9.17) is 29.6 Å². The Morgan fingerprint density at radius 1 is 0.460 bits per heavy atom. The zero-order valence-corrected chi connectivity index (χ0v) is 60.1. The van der Waals surface area contributed by atoms with Crippen LogP contribution >= 0.6 is 34.5 Å². The minimum absolute atomic E-state index is 0.0775. The van der Waals surface area contributed by atoms with Crippen LogP contribution in [0.4, 0.5) is 47.4 Å². The quantitative estimate of drug-likeness (QED) is 0.0268. The highest BCUT2D eigenvalue weighted by Gasteiger charge is 2.25. The molecule has 0 saturated carbocycles. The summed E-state index contributed by atoms with van der Waals surface area (Å²) < 4.78 is 46.3.